The first kappa shape index (κ1) is 13.8. The second-order valence-electron chi connectivity index (χ2n) is 6.63. The zero-order valence-electron chi connectivity index (χ0n) is 12.4. The zero-order valence-corrected chi connectivity index (χ0v) is 12.4. The molecule has 3 heteroatoms. The normalized spacial score (nSPS) is 28.4. The van der Waals surface area contributed by atoms with Crippen LogP contribution in [-0.2, 0) is 4.74 Å². The summed E-state index contributed by atoms with van der Waals surface area (Å²) in [5.74, 6) is 0. The Morgan fingerprint density at radius 3 is 1.79 bits per heavy atom. The summed E-state index contributed by atoms with van der Waals surface area (Å²) < 4.78 is 6.13. The molecule has 0 bridgehead atoms. The minimum atomic E-state index is 0.566. The highest BCUT2D eigenvalue weighted by molar-refractivity contribution is 4.78. The minimum absolute atomic E-state index is 0.566. The molecule has 0 spiro atoms. The van der Waals surface area contributed by atoms with Crippen molar-refractivity contribution in [2.75, 3.05) is 39.3 Å². The van der Waals surface area contributed by atoms with E-state index in [1.165, 1.54) is 90.6 Å². The molecule has 3 nitrogen and oxygen atoms in total. The predicted octanol–water partition coefficient (Wildman–Crippen LogP) is 2.51. The van der Waals surface area contributed by atoms with E-state index in [9.17, 15) is 0 Å². The molecule has 3 aliphatic rings. The third-order valence-electron chi connectivity index (χ3n) is 5.15. The van der Waals surface area contributed by atoms with Crippen molar-refractivity contribution in [2.45, 2.75) is 63.6 Å². The molecule has 2 aliphatic heterocycles. The molecule has 0 amide bonds. The van der Waals surface area contributed by atoms with Crippen molar-refractivity contribution in [3.05, 3.63) is 0 Å². The van der Waals surface area contributed by atoms with Crippen molar-refractivity contribution in [3.63, 3.8) is 0 Å². The van der Waals surface area contributed by atoms with Crippen LogP contribution in [0.2, 0.25) is 0 Å². The van der Waals surface area contributed by atoms with Crippen LogP contribution >= 0.6 is 0 Å². The zero-order chi connectivity index (χ0) is 12.9. The van der Waals surface area contributed by atoms with Crippen molar-refractivity contribution in [2.24, 2.45) is 0 Å². The van der Waals surface area contributed by atoms with Gasteiger partial charge in [0.25, 0.3) is 0 Å². The average Bonchev–Trinajstić information content (AvgIpc) is 2.43. The van der Waals surface area contributed by atoms with Gasteiger partial charge in [0.15, 0.2) is 0 Å². The maximum Gasteiger partial charge on any atom is 0.0603 e. The van der Waals surface area contributed by atoms with Crippen LogP contribution in [-0.4, -0.2) is 61.3 Å². The number of hydrogen-bond donors (Lipinski definition) is 0. The molecule has 0 radical (unpaired) electrons. The van der Waals surface area contributed by atoms with E-state index in [0.29, 0.717) is 12.2 Å². The molecule has 3 fully saturated rings. The van der Waals surface area contributed by atoms with Crippen LogP contribution in [0.15, 0.2) is 0 Å². The highest BCUT2D eigenvalue weighted by Crippen LogP contribution is 2.26. The van der Waals surface area contributed by atoms with Gasteiger partial charge in [-0.15, -0.1) is 0 Å². The van der Waals surface area contributed by atoms with Gasteiger partial charge in [0, 0.05) is 26.2 Å². The lowest BCUT2D eigenvalue weighted by Crippen LogP contribution is -2.43. The first-order valence-corrected chi connectivity index (χ1v) is 8.50. The molecule has 1 saturated carbocycles. The van der Waals surface area contributed by atoms with Crippen molar-refractivity contribution in [3.8, 4) is 0 Å². The highest BCUT2D eigenvalue weighted by Gasteiger charge is 2.26. The molecule has 1 aliphatic carbocycles. The fourth-order valence-electron chi connectivity index (χ4n) is 3.51. The van der Waals surface area contributed by atoms with Crippen LogP contribution in [0.4, 0.5) is 0 Å². The van der Waals surface area contributed by atoms with Gasteiger partial charge in [-0.1, -0.05) is 6.42 Å². The molecule has 19 heavy (non-hydrogen) atoms. The molecule has 0 atom stereocenters. The van der Waals surface area contributed by atoms with Gasteiger partial charge in [-0.3, -0.25) is 0 Å². The smallest absolute Gasteiger partial charge is 0.0603 e. The van der Waals surface area contributed by atoms with Gasteiger partial charge < -0.3 is 14.5 Å². The van der Waals surface area contributed by atoms with Crippen molar-refractivity contribution in [1.82, 2.24) is 9.80 Å². The molecule has 2 heterocycles. The third-order valence-corrected chi connectivity index (χ3v) is 5.15. The largest absolute Gasteiger partial charge is 0.375 e. The van der Waals surface area contributed by atoms with Gasteiger partial charge >= 0.3 is 0 Å². The number of likely N-dealkylation sites (tertiary alicyclic amines) is 2. The monoisotopic (exact) mass is 266 g/mol. The van der Waals surface area contributed by atoms with Crippen molar-refractivity contribution >= 4 is 0 Å². The molecule has 0 aromatic rings. The van der Waals surface area contributed by atoms with Crippen LogP contribution in [0, 0.1) is 0 Å². The first-order valence-electron chi connectivity index (χ1n) is 8.50. The SMILES string of the molecule is C1CCN(CCN2CCC(OC3CCC3)CC2)CC1. The lowest BCUT2D eigenvalue weighted by molar-refractivity contribution is -0.0738. The first-order chi connectivity index (χ1) is 9.40. The van der Waals surface area contributed by atoms with Crippen LogP contribution in [0.25, 0.3) is 0 Å². The quantitative estimate of drug-likeness (QED) is 0.760. The van der Waals surface area contributed by atoms with Crippen LogP contribution in [0.1, 0.15) is 51.4 Å². The average molecular weight is 266 g/mol. The Balaban J connectivity index is 1.29. The van der Waals surface area contributed by atoms with Gasteiger partial charge in [-0.05, 0) is 58.0 Å². The molecular weight excluding hydrogens is 236 g/mol. The van der Waals surface area contributed by atoms with Gasteiger partial charge in [-0.2, -0.15) is 0 Å². The Kier molecular flexibility index (Phi) is 5.14. The summed E-state index contributed by atoms with van der Waals surface area (Å²) in [6.45, 7) is 7.74. The number of rotatable bonds is 5. The Hall–Kier alpha value is -0.120. The van der Waals surface area contributed by atoms with Gasteiger partial charge in [-0.25, -0.2) is 0 Å². The van der Waals surface area contributed by atoms with E-state index in [4.69, 9.17) is 4.74 Å². The maximum absolute atomic E-state index is 6.13. The Morgan fingerprint density at radius 1 is 0.632 bits per heavy atom. The summed E-state index contributed by atoms with van der Waals surface area (Å²) in [6, 6.07) is 0. The fourth-order valence-corrected chi connectivity index (χ4v) is 3.51. The third kappa shape index (κ3) is 4.17. The standard InChI is InChI=1S/C16H30N2O/c1-2-9-17(10-3-1)13-14-18-11-7-16(8-12-18)19-15-5-4-6-15/h15-16H,1-14H2. The van der Waals surface area contributed by atoms with Crippen molar-refractivity contribution < 1.29 is 4.74 Å². The predicted molar refractivity (Wildman–Crippen MR) is 78.5 cm³/mol. The number of hydrogen-bond acceptors (Lipinski definition) is 3. The second-order valence-corrected chi connectivity index (χ2v) is 6.63. The van der Waals surface area contributed by atoms with Gasteiger partial charge in [0.2, 0.25) is 0 Å². The van der Waals surface area contributed by atoms with Crippen LogP contribution < -0.4 is 0 Å². The van der Waals surface area contributed by atoms with Crippen molar-refractivity contribution in [1.29, 1.82) is 0 Å². The van der Waals surface area contributed by atoms with E-state index >= 15 is 0 Å². The molecule has 3 rings (SSSR count). The van der Waals surface area contributed by atoms with Gasteiger partial charge in [0.05, 0.1) is 12.2 Å². The van der Waals surface area contributed by atoms with E-state index in [2.05, 4.69) is 9.80 Å². The fraction of sp³-hybridized carbons (Fsp3) is 1.00. The van der Waals surface area contributed by atoms with E-state index < -0.39 is 0 Å². The van der Waals surface area contributed by atoms with E-state index in [1.807, 2.05) is 0 Å². The lowest BCUT2D eigenvalue weighted by atomic mass is 9.95. The lowest BCUT2D eigenvalue weighted by Gasteiger charge is -2.37. The Morgan fingerprint density at radius 2 is 1.21 bits per heavy atom. The topological polar surface area (TPSA) is 15.7 Å². The number of nitrogens with zero attached hydrogens (tertiary/aromatic N) is 2. The summed E-state index contributed by atoms with van der Waals surface area (Å²) in [6.07, 6.45) is 12.0. The number of piperidine rings is 2. The molecule has 0 unspecified atom stereocenters. The Labute approximate surface area is 118 Å². The maximum atomic E-state index is 6.13. The van der Waals surface area contributed by atoms with E-state index in [-0.39, 0.29) is 0 Å². The molecule has 2 saturated heterocycles. The molecular formula is C16H30N2O. The van der Waals surface area contributed by atoms with Crippen LogP contribution in [0.3, 0.4) is 0 Å². The summed E-state index contributed by atoms with van der Waals surface area (Å²) in [4.78, 5) is 5.30. The second kappa shape index (κ2) is 7.05. The molecule has 0 aromatic carbocycles. The summed E-state index contributed by atoms with van der Waals surface area (Å²) in [7, 11) is 0. The molecule has 0 aromatic heterocycles. The highest BCUT2D eigenvalue weighted by atomic mass is 16.5. The van der Waals surface area contributed by atoms with E-state index in [1.54, 1.807) is 0 Å². The molecule has 0 N–H and O–H groups in total. The van der Waals surface area contributed by atoms with Gasteiger partial charge in [0.1, 0.15) is 0 Å². The van der Waals surface area contributed by atoms with E-state index in [0.717, 1.165) is 0 Å². The number of ether oxygens (including phenoxy) is 1. The molecule has 110 valence electrons. The summed E-state index contributed by atoms with van der Waals surface area (Å²) in [5, 5.41) is 0. The minimum Gasteiger partial charge on any atom is -0.375 e. The summed E-state index contributed by atoms with van der Waals surface area (Å²) in [5.41, 5.74) is 0. The summed E-state index contributed by atoms with van der Waals surface area (Å²) >= 11 is 0. The Bertz CT molecular complexity index is 253. The van der Waals surface area contributed by atoms with Crippen LogP contribution in [0.5, 0.6) is 0 Å².